The minimum absolute atomic E-state index is 0.199. The Morgan fingerprint density at radius 2 is 1.94 bits per heavy atom. The first-order valence-corrected chi connectivity index (χ1v) is 6.79. The van der Waals surface area contributed by atoms with Crippen molar-refractivity contribution in [1.29, 1.82) is 0 Å². The fraction of sp³-hybridized carbons (Fsp3) is 0.400. The molecule has 0 atom stereocenters. The Balaban J connectivity index is 3.48. The Kier molecular flexibility index (Phi) is 3.50. The summed E-state index contributed by atoms with van der Waals surface area (Å²) >= 11 is 0. The van der Waals surface area contributed by atoms with Gasteiger partial charge in [-0.25, -0.2) is 12.8 Å². The molecule has 0 fully saturated rings. The Labute approximate surface area is 98.6 Å². The zero-order valence-corrected chi connectivity index (χ0v) is 10.7. The lowest BCUT2D eigenvalue weighted by molar-refractivity contribution is 0.402. The first kappa shape index (κ1) is 13.3. The second-order valence-electron chi connectivity index (χ2n) is 3.79. The Morgan fingerprint density at radius 3 is 2.38 bits per heavy atom. The van der Waals surface area contributed by atoms with Gasteiger partial charge in [-0.05, 0) is 32.0 Å². The number of ether oxygens (including phenoxy) is 1. The summed E-state index contributed by atoms with van der Waals surface area (Å²) in [4.78, 5) is 0. The van der Waals surface area contributed by atoms with Crippen molar-refractivity contribution in [3.63, 3.8) is 0 Å². The van der Waals surface area contributed by atoms with Crippen molar-refractivity contribution in [2.45, 2.75) is 18.6 Å². The lowest BCUT2D eigenvalue weighted by Crippen LogP contribution is -2.25. The summed E-state index contributed by atoms with van der Waals surface area (Å²) in [5.74, 6) is -0.250. The van der Waals surface area contributed by atoms with Gasteiger partial charge in [-0.1, -0.05) is 0 Å². The zero-order chi connectivity index (χ0) is 12.6. The number of rotatable bonds is 3. The van der Waals surface area contributed by atoms with Crippen molar-refractivity contribution < 1.29 is 17.5 Å². The van der Waals surface area contributed by atoms with E-state index in [9.17, 15) is 12.8 Å². The molecule has 0 N–H and O–H groups in total. The second kappa shape index (κ2) is 4.22. The first-order chi connectivity index (χ1) is 7.20. The molecule has 0 saturated heterocycles. The minimum atomic E-state index is -3.88. The van der Waals surface area contributed by atoms with E-state index in [1.807, 2.05) is 0 Å². The van der Waals surface area contributed by atoms with E-state index in [-0.39, 0.29) is 11.3 Å². The molecule has 0 aliphatic carbocycles. The molecule has 0 aliphatic heterocycles. The van der Waals surface area contributed by atoms with Crippen molar-refractivity contribution in [2.75, 3.05) is 7.11 Å². The van der Waals surface area contributed by atoms with Crippen LogP contribution in [0.4, 0.5) is 4.39 Å². The molecule has 0 heterocycles. The van der Waals surface area contributed by atoms with E-state index in [1.165, 1.54) is 33.1 Å². The molecular formula is C10H12ClFO3S. The third kappa shape index (κ3) is 2.30. The average molecular weight is 267 g/mol. The van der Waals surface area contributed by atoms with Gasteiger partial charge in [0.05, 0.1) is 7.11 Å². The molecule has 0 saturated carbocycles. The molecule has 1 rings (SSSR count). The predicted octanol–water partition coefficient (Wildman–Crippen LogP) is 2.64. The summed E-state index contributed by atoms with van der Waals surface area (Å²) in [6.07, 6.45) is 0. The van der Waals surface area contributed by atoms with Crippen molar-refractivity contribution in [3.8, 4) is 5.75 Å². The second-order valence-corrected chi connectivity index (χ2v) is 6.91. The molecule has 3 nitrogen and oxygen atoms in total. The molecule has 0 aliphatic rings. The molecule has 0 unspecified atom stereocenters. The van der Waals surface area contributed by atoms with E-state index in [1.54, 1.807) is 0 Å². The normalized spacial score (nSPS) is 12.6. The van der Waals surface area contributed by atoms with Crippen LogP contribution in [0.25, 0.3) is 0 Å². The minimum Gasteiger partial charge on any atom is -0.496 e. The van der Waals surface area contributed by atoms with Gasteiger partial charge in [0.25, 0.3) is 0 Å². The SMILES string of the molecule is COc1ccc(F)cc1C(C)(C)S(=O)(=O)Cl. The summed E-state index contributed by atoms with van der Waals surface area (Å²) in [5, 5.41) is 0. The highest BCUT2D eigenvalue weighted by Crippen LogP contribution is 2.38. The third-order valence-corrected chi connectivity index (χ3v) is 5.02. The molecule has 1 aromatic carbocycles. The van der Waals surface area contributed by atoms with Crippen LogP contribution in [0.1, 0.15) is 19.4 Å². The van der Waals surface area contributed by atoms with Gasteiger partial charge < -0.3 is 4.74 Å². The van der Waals surface area contributed by atoms with Gasteiger partial charge in [-0.2, -0.15) is 0 Å². The number of hydrogen-bond acceptors (Lipinski definition) is 3. The number of halogens is 2. The van der Waals surface area contributed by atoms with Crippen LogP contribution in [0.5, 0.6) is 5.75 Å². The third-order valence-electron chi connectivity index (χ3n) is 2.42. The first-order valence-electron chi connectivity index (χ1n) is 4.48. The van der Waals surface area contributed by atoms with Crippen molar-refractivity contribution >= 4 is 19.7 Å². The van der Waals surface area contributed by atoms with Crippen LogP contribution in [0.2, 0.25) is 0 Å². The van der Waals surface area contributed by atoms with E-state index in [2.05, 4.69) is 0 Å². The Morgan fingerprint density at radius 1 is 1.38 bits per heavy atom. The number of benzene rings is 1. The van der Waals surface area contributed by atoms with Crippen molar-refractivity contribution in [1.82, 2.24) is 0 Å². The molecule has 1 aromatic rings. The molecule has 16 heavy (non-hydrogen) atoms. The van der Waals surface area contributed by atoms with E-state index in [0.717, 1.165) is 6.07 Å². The summed E-state index contributed by atoms with van der Waals surface area (Å²) in [7, 11) is 2.84. The maximum Gasteiger partial charge on any atom is 0.242 e. The van der Waals surface area contributed by atoms with E-state index >= 15 is 0 Å². The lowest BCUT2D eigenvalue weighted by Gasteiger charge is -2.23. The van der Waals surface area contributed by atoms with Crippen LogP contribution < -0.4 is 4.74 Å². The van der Waals surface area contributed by atoms with Crippen LogP contribution in [0, 0.1) is 5.82 Å². The summed E-state index contributed by atoms with van der Waals surface area (Å²) in [6, 6.07) is 3.67. The molecule has 6 heteroatoms. The maximum absolute atomic E-state index is 13.1. The average Bonchev–Trinajstić information content (AvgIpc) is 2.16. The Bertz CT molecular complexity index is 497. The van der Waals surface area contributed by atoms with Crippen LogP contribution >= 0.6 is 10.7 Å². The van der Waals surface area contributed by atoms with Gasteiger partial charge in [-0.3, -0.25) is 0 Å². The fourth-order valence-corrected chi connectivity index (χ4v) is 1.95. The molecule has 0 amide bonds. The smallest absolute Gasteiger partial charge is 0.242 e. The molecule has 90 valence electrons. The zero-order valence-electron chi connectivity index (χ0n) is 9.12. The number of methoxy groups -OCH3 is 1. The summed E-state index contributed by atoms with van der Waals surface area (Å²) in [6.45, 7) is 2.79. The monoisotopic (exact) mass is 266 g/mol. The van der Waals surface area contributed by atoms with E-state index in [0.29, 0.717) is 0 Å². The summed E-state index contributed by atoms with van der Waals surface area (Å²) < 4.78 is 39.5. The van der Waals surface area contributed by atoms with Crippen LogP contribution in [0.15, 0.2) is 18.2 Å². The highest BCUT2D eigenvalue weighted by Gasteiger charge is 2.37. The van der Waals surface area contributed by atoms with Gasteiger partial charge >= 0.3 is 0 Å². The summed E-state index contributed by atoms with van der Waals surface area (Å²) in [5.41, 5.74) is 0.199. The lowest BCUT2D eigenvalue weighted by atomic mass is 10.0. The van der Waals surface area contributed by atoms with E-state index < -0.39 is 19.6 Å². The van der Waals surface area contributed by atoms with Crippen LogP contribution in [-0.4, -0.2) is 15.5 Å². The quantitative estimate of drug-likeness (QED) is 0.790. The van der Waals surface area contributed by atoms with E-state index in [4.69, 9.17) is 15.4 Å². The molecular weight excluding hydrogens is 255 g/mol. The van der Waals surface area contributed by atoms with Gasteiger partial charge in [0.2, 0.25) is 9.05 Å². The fourth-order valence-electron chi connectivity index (χ4n) is 1.28. The highest BCUT2D eigenvalue weighted by atomic mass is 35.7. The predicted molar refractivity (Wildman–Crippen MR) is 60.8 cm³/mol. The highest BCUT2D eigenvalue weighted by molar-refractivity contribution is 8.14. The van der Waals surface area contributed by atoms with Gasteiger partial charge in [-0.15, -0.1) is 0 Å². The van der Waals surface area contributed by atoms with Gasteiger partial charge in [0, 0.05) is 16.2 Å². The molecule has 0 bridgehead atoms. The standard InChI is InChI=1S/C10H12ClFO3S/c1-10(2,16(11,13)14)8-6-7(12)4-5-9(8)15-3/h4-6H,1-3H3. The van der Waals surface area contributed by atoms with Crippen molar-refractivity contribution in [2.24, 2.45) is 0 Å². The topological polar surface area (TPSA) is 43.4 Å². The largest absolute Gasteiger partial charge is 0.496 e. The molecule has 0 radical (unpaired) electrons. The van der Waals surface area contributed by atoms with Gasteiger partial charge in [0.15, 0.2) is 0 Å². The van der Waals surface area contributed by atoms with Crippen LogP contribution in [-0.2, 0) is 13.8 Å². The van der Waals surface area contributed by atoms with Crippen molar-refractivity contribution in [3.05, 3.63) is 29.6 Å². The number of hydrogen-bond donors (Lipinski definition) is 0. The molecule has 0 spiro atoms. The van der Waals surface area contributed by atoms with Crippen LogP contribution in [0.3, 0.4) is 0 Å². The molecule has 0 aromatic heterocycles. The Hall–Kier alpha value is -0.810. The van der Waals surface area contributed by atoms with Gasteiger partial charge in [0.1, 0.15) is 16.3 Å². The maximum atomic E-state index is 13.1.